The van der Waals surface area contributed by atoms with E-state index in [1.165, 1.54) is 18.2 Å². The van der Waals surface area contributed by atoms with Crippen molar-refractivity contribution in [1.29, 1.82) is 0 Å². The fourth-order valence-corrected chi connectivity index (χ4v) is 3.63. The monoisotopic (exact) mass is 401 g/mol. The quantitative estimate of drug-likeness (QED) is 0.446. The van der Waals surface area contributed by atoms with E-state index in [0.717, 1.165) is 10.4 Å². The van der Waals surface area contributed by atoms with Crippen LogP contribution in [-0.2, 0) is 4.79 Å². The highest BCUT2D eigenvalue weighted by Crippen LogP contribution is 2.28. The summed E-state index contributed by atoms with van der Waals surface area (Å²) in [5.74, 6) is -0.377. The maximum atomic E-state index is 12.4. The zero-order valence-electron chi connectivity index (χ0n) is 14.1. The summed E-state index contributed by atoms with van der Waals surface area (Å²) in [7, 11) is 0. The number of carbonyl (C=O) groups excluding carboxylic acids is 1. The molecule has 1 heterocycles. The molecule has 27 heavy (non-hydrogen) atoms. The van der Waals surface area contributed by atoms with Gasteiger partial charge in [0.05, 0.1) is 17.5 Å². The summed E-state index contributed by atoms with van der Waals surface area (Å²) >= 11 is 7.39. The molecular weight excluding hydrogens is 386 g/mol. The number of nitro groups is 1. The number of nitrogens with zero attached hydrogens (tertiary/aromatic N) is 1. The number of hydrogen-bond donors (Lipinski definition) is 2. The minimum Gasteiger partial charge on any atom is -0.319 e. The molecule has 3 aromatic rings. The lowest BCUT2D eigenvalue weighted by atomic mass is 10.1. The van der Waals surface area contributed by atoms with Crippen molar-refractivity contribution in [3.63, 3.8) is 0 Å². The van der Waals surface area contributed by atoms with Crippen LogP contribution in [0.1, 0.15) is 16.5 Å². The minimum atomic E-state index is -0.576. The third-order valence-corrected chi connectivity index (χ3v) is 5.03. The Hall–Kier alpha value is -2.74. The van der Waals surface area contributed by atoms with Crippen molar-refractivity contribution in [1.82, 2.24) is 5.32 Å². The number of amides is 1. The Morgan fingerprint density at radius 3 is 2.59 bits per heavy atom. The molecule has 3 rings (SSSR count). The largest absolute Gasteiger partial charge is 0.319 e. The van der Waals surface area contributed by atoms with Crippen molar-refractivity contribution in [2.45, 2.75) is 6.04 Å². The predicted octanol–water partition coefficient (Wildman–Crippen LogP) is 4.63. The van der Waals surface area contributed by atoms with E-state index in [1.54, 1.807) is 11.3 Å². The zero-order chi connectivity index (χ0) is 19.2. The van der Waals surface area contributed by atoms with Gasteiger partial charge in [0.1, 0.15) is 5.69 Å². The second kappa shape index (κ2) is 8.77. The summed E-state index contributed by atoms with van der Waals surface area (Å²) in [6, 6.07) is 17.7. The lowest BCUT2D eigenvalue weighted by Crippen LogP contribution is -2.31. The van der Waals surface area contributed by atoms with Gasteiger partial charge >= 0.3 is 0 Å². The molecule has 0 aliphatic rings. The van der Waals surface area contributed by atoms with Crippen LogP contribution in [0.2, 0.25) is 5.02 Å². The molecule has 0 aliphatic carbocycles. The fraction of sp³-hybridized carbons (Fsp3) is 0.105. The highest BCUT2D eigenvalue weighted by molar-refractivity contribution is 7.10. The van der Waals surface area contributed by atoms with Crippen molar-refractivity contribution in [2.75, 3.05) is 11.9 Å². The van der Waals surface area contributed by atoms with Gasteiger partial charge in [-0.1, -0.05) is 48.0 Å². The first-order chi connectivity index (χ1) is 13.0. The van der Waals surface area contributed by atoms with Gasteiger partial charge < -0.3 is 5.32 Å². The van der Waals surface area contributed by atoms with Gasteiger partial charge in [-0.25, -0.2) is 0 Å². The zero-order valence-corrected chi connectivity index (χ0v) is 15.7. The topological polar surface area (TPSA) is 84.3 Å². The second-order valence-electron chi connectivity index (χ2n) is 5.71. The normalized spacial score (nSPS) is 11.7. The van der Waals surface area contributed by atoms with Crippen LogP contribution in [0.25, 0.3) is 0 Å². The molecule has 0 saturated carbocycles. The van der Waals surface area contributed by atoms with Gasteiger partial charge in [0, 0.05) is 16.0 Å². The molecule has 0 saturated heterocycles. The lowest BCUT2D eigenvalue weighted by Gasteiger charge is -2.18. The summed E-state index contributed by atoms with van der Waals surface area (Å²) < 4.78 is 0. The average molecular weight is 402 g/mol. The molecule has 8 heteroatoms. The number of thiophene rings is 1. The van der Waals surface area contributed by atoms with Gasteiger partial charge in [-0.3, -0.25) is 20.2 Å². The van der Waals surface area contributed by atoms with E-state index in [1.807, 2.05) is 47.8 Å². The number of carbonyl (C=O) groups is 1. The molecule has 2 aromatic carbocycles. The van der Waals surface area contributed by atoms with Crippen LogP contribution in [0.5, 0.6) is 0 Å². The van der Waals surface area contributed by atoms with Crippen LogP contribution >= 0.6 is 22.9 Å². The second-order valence-corrected chi connectivity index (χ2v) is 7.12. The minimum absolute atomic E-state index is 0.00274. The van der Waals surface area contributed by atoms with Crippen LogP contribution < -0.4 is 10.6 Å². The molecule has 1 amide bonds. The average Bonchev–Trinajstić information content (AvgIpc) is 3.18. The first-order valence-corrected chi connectivity index (χ1v) is 9.36. The number of halogens is 1. The number of benzene rings is 2. The van der Waals surface area contributed by atoms with E-state index < -0.39 is 4.92 Å². The Morgan fingerprint density at radius 1 is 1.15 bits per heavy atom. The van der Waals surface area contributed by atoms with Gasteiger partial charge in [-0.15, -0.1) is 11.3 Å². The Kier molecular flexibility index (Phi) is 6.18. The van der Waals surface area contributed by atoms with Crippen molar-refractivity contribution >= 4 is 40.2 Å². The maximum absolute atomic E-state index is 12.4. The Bertz CT molecular complexity index is 933. The number of hydrogen-bond acceptors (Lipinski definition) is 5. The maximum Gasteiger partial charge on any atom is 0.294 e. The standard InChI is InChI=1S/C19H16ClN3O3S/c20-14-8-9-15(16(11-14)23(25)26)22-18(24)12-21-19(17-7-4-10-27-17)13-5-2-1-3-6-13/h1-11,19,21H,12H2,(H,22,24)/t19-/m1/s1. The molecule has 1 aromatic heterocycles. The summed E-state index contributed by atoms with van der Waals surface area (Å²) in [4.78, 5) is 24.0. The first-order valence-electron chi connectivity index (χ1n) is 8.10. The highest BCUT2D eigenvalue weighted by atomic mass is 35.5. The number of nitro benzene ring substituents is 1. The lowest BCUT2D eigenvalue weighted by molar-refractivity contribution is -0.383. The predicted molar refractivity (Wildman–Crippen MR) is 107 cm³/mol. The summed E-state index contributed by atoms with van der Waals surface area (Å²) in [5.41, 5.74) is 0.905. The van der Waals surface area contributed by atoms with E-state index >= 15 is 0 Å². The molecular formula is C19H16ClN3O3S. The van der Waals surface area contributed by atoms with E-state index in [0.29, 0.717) is 0 Å². The first kappa shape index (κ1) is 19.0. The van der Waals surface area contributed by atoms with E-state index in [-0.39, 0.29) is 34.9 Å². The van der Waals surface area contributed by atoms with Gasteiger partial charge in [-0.05, 0) is 29.1 Å². The molecule has 0 unspecified atom stereocenters. The number of nitrogens with one attached hydrogen (secondary N) is 2. The van der Waals surface area contributed by atoms with Crippen molar-refractivity contribution in [2.24, 2.45) is 0 Å². The molecule has 1 atom stereocenters. The molecule has 138 valence electrons. The third-order valence-electron chi connectivity index (χ3n) is 3.86. The van der Waals surface area contributed by atoms with Crippen LogP contribution in [0.4, 0.5) is 11.4 Å². The smallest absolute Gasteiger partial charge is 0.294 e. The Labute approximate surface area is 164 Å². The highest BCUT2D eigenvalue weighted by Gasteiger charge is 2.19. The van der Waals surface area contributed by atoms with Gasteiger partial charge in [0.2, 0.25) is 5.91 Å². The molecule has 0 spiro atoms. The van der Waals surface area contributed by atoms with Crippen molar-refractivity contribution in [3.8, 4) is 0 Å². The SMILES string of the molecule is O=C(CN[C@H](c1ccccc1)c1cccs1)Nc1ccc(Cl)cc1[N+](=O)[O-]. The molecule has 0 radical (unpaired) electrons. The van der Waals surface area contributed by atoms with Crippen molar-refractivity contribution in [3.05, 3.63) is 91.6 Å². The van der Waals surface area contributed by atoms with Crippen LogP contribution in [0.3, 0.4) is 0 Å². The molecule has 2 N–H and O–H groups in total. The summed E-state index contributed by atoms with van der Waals surface area (Å²) in [5, 5.41) is 19.1. The van der Waals surface area contributed by atoms with Gasteiger partial charge in [0.25, 0.3) is 5.69 Å². The van der Waals surface area contributed by atoms with E-state index in [4.69, 9.17) is 11.6 Å². The van der Waals surface area contributed by atoms with E-state index in [2.05, 4.69) is 10.6 Å². The van der Waals surface area contributed by atoms with Gasteiger partial charge in [-0.2, -0.15) is 0 Å². The molecule has 0 aliphatic heterocycles. The number of rotatable bonds is 7. The fourth-order valence-electron chi connectivity index (χ4n) is 2.63. The molecule has 0 bridgehead atoms. The van der Waals surface area contributed by atoms with Crippen LogP contribution in [0.15, 0.2) is 66.0 Å². The molecule has 6 nitrogen and oxygen atoms in total. The van der Waals surface area contributed by atoms with Crippen LogP contribution in [0, 0.1) is 10.1 Å². The van der Waals surface area contributed by atoms with Crippen molar-refractivity contribution < 1.29 is 9.72 Å². The number of anilines is 1. The summed E-state index contributed by atoms with van der Waals surface area (Å²) in [6.45, 7) is -0.00274. The third kappa shape index (κ3) is 4.91. The van der Waals surface area contributed by atoms with E-state index in [9.17, 15) is 14.9 Å². The Morgan fingerprint density at radius 2 is 1.93 bits per heavy atom. The van der Waals surface area contributed by atoms with Crippen LogP contribution in [-0.4, -0.2) is 17.4 Å². The summed E-state index contributed by atoms with van der Waals surface area (Å²) in [6.07, 6.45) is 0. The molecule has 0 fully saturated rings. The van der Waals surface area contributed by atoms with Gasteiger partial charge in [0.15, 0.2) is 0 Å². The Balaban J connectivity index is 1.71.